The van der Waals surface area contributed by atoms with Crippen LogP contribution in [-0.4, -0.2) is 44.8 Å². The molecule has 2 atom stereocenters. The number of carboxylic acid groups (broad SMARTS) is 1. The van der Waals surface area contributed by atoms with E-state index in [2.05, 4.69) is 5.10 Å². The van der Waals surface area contributed by atoms with Gasteiger partial charge in [-0.3, -0.25) is 9.59 Å². The summed E-state index contributed by atoms with van der Waals surface area (Å²) in [6, 6.07) is 5.04. The van der Waals surface area contributed by atoms with Crippen LogP contribution >= 0.6 is 23.2 Å². The zero-order valence-electron chi connectivity index (χ0n) is 13.9. The summed E-state index contributed by atoms with van der Waals surface area (Å²) >= 11 is 12.1. The maximum atomic E-state index is 12.9. The molecule has 2 aliphatic rings. The van der Waals surface area contributed by atoms with Gasteiger partial charge in [0.25, 0.3) is 5.91 Å². The molecule has 136 valence electrons. The first-order valence-electron chi connectivity index (χ1n) is 8.43. The van der Waals surface area contributed by atoms with Crippen LogP contribution in [0.5, 0.6) is 0 Å². The van der Waals surface area contributed by atoms with E-state index in [1.165, 1.54) is 10.9 Å². The lowest BCUT2D eigenvalue weighted by Gasteiger charge is -2.23. The molecule has 0 spiro atoms. The molecular formula is C18H17Cl2N3O3. The van der Waals surface area contributed by atoms with Crippen LogP contribution in [-0.2, 0) is 4.79 Å². The van der Waals surface area contributed by atoms with E-state index in [4.69, 9.17) is 23.2 Å². The molecule has 1 amide bonds. The van der Waals surface area contributed by atoms with Gasteiger partial charge in [0.05, 0.1) is 27.9 Å². The van der Waals surface area contributed by atoms with Crippen LogP contribution in [0.15, 0.2) is 30.6 Å². The predicted molar refractivity (Wildman–Crippen MR) is 96.9 cm³/mol. The van der Waals surface area contributed by atoms with Crippen molar-refractivity contribution >= 4 is 35.1 Å². The average Bonchev–Trinajstić information content (AvgIpc) is 3.28. The second-order valence-electron chi connectivity index (χ2n) is 7.01. The SMILES string of the molecule is O=C(c1cnn(-c2ccc(Cl)cc2Cl)c1)N1C[C@@H]2CCC[C@@]2(C(=O)O)C1. The molecule has 0 bridgehead atoms. The van der Waals surface area contributed by atoms with Crippen LogP contribution in [0.3, 0.4) is 0 Å². The van der Waals surface area contributed by atoms with E-state index in [0.29, 0.717) is 34.3 Å². The van der Waals surface area contributed by atoms with Gasteiger partial charge in [0.1, 0.15) is 0 Å². The first-order valence-corrected chi connectivity index (χ1v) is 9.19. The number of aromatic nitrogens is 2. The lowest BCUT2D eigenvalue weighted by molar-refractivity contribution is -0.149. The first-order chi connectivity index (χ1) is 12.4. The van der Waals surface area contributed by atoms with Gasteiger partial charge in [-0.05, 0) is 37.0 Å². The van der Waals surface area contributed by atoms with Crippen LogP contribution in [0.1, 0.15) is 29.6 Å². The molecule has 1 aliphatic carbocycles. The number of hydrogen-bond acceptors (Lipinski definition) is 3. The predicted octanol–water partition coefficient (Wildman–Crippen LogP) is 3.51. The maximum absolute atomic E-state index is 12.9. The third-order valence-corrected chi connectivity index (χ3v) is 6.11. The molecule has 1 aromatic heterocycles. The Kier molecular flexibility index (Phi) is 4.20. The Morgan fingerprint density at radius 1 is 1.31 bits per heavy atom. The van der Waals surface area contributed by atoms with Gasteiger partial charge in [-0.1, -0.05) is 29.6 Å². The van der Waals surface area contributed by atoms with E-state index in [0.717, 1.165) is 12.8 Å². The minimum atomic E-state index is -0.793. The number of carbonyl (C=O) groups is 2. The minimum absolute atomic E-state index is 0.0321. The van der Waals surface area contributed by atoms with Gasteiger partial charge in [-0.25, -0.2) is 4.68 Å². The number of carboxylic acids is 1. The summed E-state index contributed by atoms with van der Waals surface area (Å²) in [6.07, 6.45) is 5.49. The van der Waals surface area contributed by atoms with Crippen molar-refractivity contribution in [3.63, 3.8) is 0 Å². The molecule has 26 heavy (non-hydrogen) atoms. The molecular weight excluding hydrogens is 377 g/mol. The molecule has 1 N–H and O–H groups in total. The summed E-state index contributed by atoms with van der Waals surface area (Å²) < 4.78 is 1.52. The molecule has 2 heterocycles. The van der Waals surface area contributed by atoms with Crippen molar-refractivity contribution in [1.82, 2.24) is 14.7 Å². The number of fused-ring (bicyclic) bond motifs is 1. The molecule has 2 fully saturated rings. The van der Waals surface area contributed by atoms with Crippen LogP contribution in [0, 0.1) is 11.3 Å². The molecule has 1 saturated heterocycles. The van der Waals surface area contributed by atoms with Crippen molar-refractivity contribution in [3.8, 4) is 5.69 Å². The summed E-state index contributed by atoms with van der Waals surface area (Å²) in [5.74, 6) is -0.958. The molecule has 0 radical (unpaired) electrons. The van der Waals surface area contributed by atoms with Gasteiger partial charge < -0.3 is 10.0 Å². The smallest absolute Gasteiger partial charge is 0.311 e. The minimum Gasteiger partial charge on any atom is -0.481 e. The number of rotatable bonds is 3. The lowest BCUT2D eigenvalue weighted by Crippen LogP contribution is -2.37. The first kappa shape index (κ1) is 17.4. The van der Waals surface area contributed by atoms with E-state index in [9.17, 15) is 14.7 Å². The monoisotopic (exact) mass is 393 g/mol. The van der Waals surface area contributed by atoms with Crippen molar-refractivity contribution in [3.05, 3.63) is 46.2 Å². The summed E-state index contributed by atoms with van der Waals surface area (Å²) in [5, 5.41) is 14.8. The highest BCUT2D eigenvalue weighted by Crippen LogP contribution is 2.49. The second kappa shape index (κ2) is 6.28. The molecule has 4 rings (SSSR count). The van der Waals surface area contributed by atoms with Crippen LogP contribution < -0.4 is 0 Å². The summed E-state index contributed by atoms with van der Waals surface area (Å²) in [6.45, 7) is 0.747. The molecule has 2 aromatic rings. The number of nitrogens with zero attached hydrogens (tertiary/aromatic N) is 3. The van der Waals surface area contributed by atoms with E-state index in [1.807, 2.05) is 0 Å². The number of likely N-dealkylation sites (tertiary alicyclic amines) is 1. The Morgan fingerprint density at radius 2 is 2.12 bits per heavy atom. The Hall–Kier alpha value is -2.05. The van der Waals surface area contributed by atoms with Crippen LogP contribution in [0.2, 0.25) is 10.0 Å². The van der Waals surface area contributed by atoms with E-state index in [1.54, 1.807) is 29.3 Å². The van der Waals surface area contributed by atoms with Gasteiger partial charge in [0, 0.05) is 24.3 Å². The van der Waals surface area contributed by atoms with Crippen molar-refractivity contribution < 1.29 is 14.7 Å². The maximum Gasteiger partial charge on any atom is 0.311 e. The number of aliphatic carboxylic acids is 1. The van der Waals surface area contributed by atoms with E-state index < -0.39 is 11.4 Å². The van der Waals surface area contributed by atoms with Crippen molar-refractivity contribution in [2.45, 2.75) is 19.3 Å². The zero-order valence-corrected chi connectivity index (χ0v) is 15.4. The molecule has 1 aromatic carbocycles. The van der Waals surface area contributed by atoms with E-state index >= 15 is 0 Å². The Balaban J connectivity index is 1.57. The Bertz CT molecular complexity index is 898. The molecule has 0 unspecified atom stereocenters. The van der Waals surface area contributed by atoms with E-state index in [-0.39, 0.29) is 18.4 Å². The topological polar surface area (TPSA) is 75.4 Å². The number of benzene rings is 1. The van der Waals surface area contributed by atoms with Gasteiger partial charge in [-0.2, -0.15) is 5.10 Å². The Morgan fingerprint density at radius 3 is 2.81 bits per heavy atom. The van der Waals surface area contributed by atoms with Gasteiger partial charge in [0.15, 0.2) is 0 Å². The standard InChI is InChI=1S/C18H17Cl2N3O3/c19-13-3-4-15(14(20)6-13)23-8-11(7-21-23)16(24)22-9-12-2-1-5-18(12,10-22)17(25)26/h3-4,6-8,12H,1-2,5,9-10H2,(H,25,26)/t12-,18+/m0/s1. The fraction of sp³-hybridized carbons (Fsp3) is 0.389. The second-order valence-corrected chi connectivity index (χ2v) is 7.85. The number of hydrogen-bond donors (Lipinski definition) is 1. The van der Waals surface area contributed by atoms with Crippen LogP contribution in [0.4, 0.5) is 0 Å². The average molecular weight is 394 g/mol. The summed E-state index contributed by atoms with van der Waals surface area (Å²) in [4.78, 5) is 26.3. The molecule has 1 saturated carbocycles. The highest BCUT2D eigenvalue weighted by atomic mass is 35.5. The Labute approximate surface area is 160 Å². The number of halogens is 2. The summed E-state index contributed by atoms with van der Waals surface area (Å²) in [5.41, 5.74) is 0.248. The number of carbonyl (C=O) groups excluding carboxylic acids is 1. The zero-order chi connectivity index (χ0) is 18.5. The highest BCUT2D eigenvalue weighted by Gasteiger charge is 2.55. The lowest BCUT2D eigenvalue weighted by atomic mass is 9.81. The molecule has 1 aliphatic heterocycles. The molecule has 6 nitrogen and oxygen atoms in total. The fourth-order valence-electron chi connectivity index (χ4n) is 4.21. The highest BCUT2D eigenvalue weighted by molar-refractivity contribution is 6.35. The quantitative estimate of drug-likeness (QED) is 0.865. The van der Waals surface area contributed by atoms with Crippen molar-refractivity contribution in [2.24, 2.45) is 11.3 Å². The van der Waals surface area contributed by atoms with Crippen molar-refractivity contribution in [2.75, 3.05) is 13.1 Å². The van der Waals surface area contributed by atoms with Crippen LogP contribution in [0.25, 0.3) is 5.69 Å². The van der Waals surface area contributed by atoms with Gasteiger partial charge in [-0.15, -0.1) is 0 Å². The van der Waals surface area contributed by atoms with Crippen molar-refractivity contribution in [1.29, 1.82) is 0 Å². The molecule has 8 heteroatoms. The third-order valence-electron chi connectivity index (χ3n) is 5.57. The fourth-order valence-corrected chi connectivity index (χ4v) is 4.70. The third kappa shape index (κ3) is 2.68. The summed E-state index contributed by atoms with van der Waals surface area (Å²) in [7, 11) is 0. The van der Waals surface area contributed by atoms with Gasteiger partial charge >= 0.3 is 5.97 Å². The van der Waals surface area contributed by atoms with Gasteiger partial charge in [0.2, 0.25) is 0 Å². The normalized spacial score (nSPS) is 24.7. The number of amides is 1. The largest absolute Gasteiger partial charge is 0.481 e.